The third kappa shape index (κ3) is 4.38. The normalized spacial score (nSPS) is 16.7. The zero-order chi connectivity index (χ0) is 21.1. The van der Waals surface area contributed by atoms with Gasteiger partial charge in [0, 0.05) is 11.6 Å². The topological polar surface area (TPSA) is 102 Å². The number of hydrogen-bond acceptors (Lipinski definition) is 6. The Morgan fingerprint density at radius 2 is 2.14 bits per heavy atom. The van der Waals surface area contributed by atoms with Crippen LogP contribution < -0.4 is 9.84 Å². The lowest BCUT2D eigenvalue weighted by atomic mass is 10.2. The van der Waals surface area contributed by atoms with E-state index in [1.165, 1.54) is 36.3 Å². The van der Waals surface area contributed by atoms with Gasteiger partial charge in [0.25, 0.3) is 5.91 Å². The standard InChI is InChI=1S/C20H17ClN2O5S/c1-3-23-18(25)16(9-11-7-14(21)17(24)15(8-11)28-2)29-20(23)22-13-6-4-5-12(10-13)19(26)27/h4-10,24H,3H2,1-2H3,(H,26,27)/p-1/b16-9-,22-20?. The maximum Gasteiger partial charge on any atom is 0.335 e. The van der Waals surface area contributed by atoms with E-state index < -0.39 is 11.7 Å². The first-order valence-electron chi connectivity index (χ1n) is 8.52. The van der Waals surface area contributed by atoms with Gasteiger partial charge in [-0.05, 0) is 66.4 Å². The second-order valence-corrected chi connectivity index (χ2v) is 7.36. The Kier molecular flexibility index (Phi) is 6.14. The van der Waals surface area contributed by atoms with Crippen LogP contribution in [-0.4, -0.2) is 40.7 Å². The highest BCUT2D eigenvalue weighted by Gasteiger charge is 2.32. The molecular formula is C20H16ClN2O5S-. The van der Waals surface area contributed by atoms with Gasteiger partial charge in [-0.15, -0.1) is 0 Å². The van der Waals surface area contributed by atoms with E-state index in [0.29, 0.717) is 27.9 Å². The Labute approximate surface area is 176 Å². The van der Waals surface area contributed by atoms with Crippen LogP contribution >= 0.6 is 23.4 Å². The van der Waals surface area contributed by atoms with Crippen molar-refractivity contribution in [1.82, 2.24) is 4.90 Å². The van der Waals surface area contributed by atoms with Crippen molar-refractivity contribution in [2.24, 2.45) is 4.99 Å². The van der Waals surface area contributed by atoms with E-state index in [2.05, 4.69) is 4.99 Å². The first-order valence-corrected chi connectivity index (χ1v) is 9.71. The molecule has 1 fully saturated rings. The van der Waals surface area contributed by atoms with E-state index in [0.717, 1.165) is 11.8 Å². The van der Waals surface area contributed by atoms with E-state index >= 15 is 0 Å². The highest BCUT2D eigenvalue weighted by atomic mass is 35.5. The van der Waals surface area contributed by atoms with Crippen molar-refractivity contribution >= 4 is 52.2 Å². The average molecular weight is 432 g/mol. The van der Waals surface area contributed by atoms with Gasteiger partial charge in [-0.2, -0.15) is 0 Å². The number of carbonyl (C=O) groups excluding carboxylic acids is 1. The number of halogens is 1. The number of nitrogens with zero attached hydrogens (tertiary/aromatic N) is 2. The summed E-state index contributed by atoms with van der Waals surface area (Å²) in [6.07, 6.45) is 1.61. The number of amides is 1. The van der Waals surface area contributed by atoms with Crippen molar-refractivity contribution in [1.29, 1.82) is 0 Å². The summed E-state index contributed by atoms with van der Waals surface area (Å²) >= 11 is 7.11. The van der Waals surface area contributed by atoms with Crippen molar-refractivity contribution in [2.75, 3.05) is 13.7 Å². The number of hydrogen-bond donors (Lipinski definition) is 1. The number of amidine groups is 1. The van der Waals surface area contributed by atoms with Gasteiger partial charge in [0.15, 0.2) is 5.17 Å². The van der Waals surface area contributed by atoms with Crippen molar-refractivity contribution in [2.45, 2.75) is 6.92 Å². The molecular weight excluding hydrogens is 416 g/mol. The number of thioether (sulfide) groups is 1. The van der Waals surface area contributed by atoms with Gasteiger partial charge in [-0.25, -0.2) is 9.79 Å². The van der Waals surface area contributed by atoms with Crippen molar-refractivity contribution < 1.29 is 24.5 Å². The third-order valence-electron chi connectivity index (χ3n) is 4.07. The van der Waals surface area contributed by atoms with Crippen LogP contribution in [0, 0.1) is 0 Å². The van der Waals surface area contributed by atoms with Crippen LogP contribution in [0.25, 0.3) is 6.08 Å². The fourth-order valence-corrected chi connectivity index (χ4v) is 3.95. The molecule has 1 N–H and O–H groups in total. The number of benzene rings is 2. The lowest BCUT2D eigenvalue weighted by molar-refractivity contribution is -0.269. The highest BCUT2D eigenvalue weighted by molar-refractivity contribution is 8.18. The molecule has 0 aromatic heterocycles. The Bertz CT molecular complexity index is 1050. The summed E-state index contributed by atoms with van der Waals surface area (Å²) in [7, 11) is 1.37. The quantitative estimate of drug-likeness (QED) is 0.723. The maximum atomic E-state index is 12.8. The molecule has 0 saturated carbocycles. The van der Waals surface area contributed by atoms with Gasteiger partial charge in [-0.3, -0.25) is 9.69 Å². The second kappa shape index (κ2) is 8.59. The minimum atomic E-state index is -1.05. The number of carboxylic acids is 1. The van der Waals surface area contributed by atoms with Crippen LogP contribution in [0.2, 0.25) is 5.02 Å². The predicted molar refractivity (Wildman–Crippen MR) is 111 cm³/mol. The predicted octanol–water partition coefficient (Wildman–Crippen LogP) is 3.74. The van der Waals surface area contributed by atoms with Gasteiger partial charge in [0.05, 0.1) is 23.3 Å². The van der Waals surface area contributed by atoms with Crippen LogP contribution in [-0.2, 0) is 4.79 Å². The van der Waals surface area contributed by atoms with E-state index in [1.807, 2.05) is 6.92 Å². The van der Waals surface area contributed by atoms with E-state index in [1.54, 1.807) is 18.2 Å². The lowest BCUT2D eigenvalue weighted by Crippen LogP contribution is -2.28. The number of aliphatic imine (C=N–C) groups is 1. The summed E-state index contributed by atoms with van der Waals surface area (Å²) in [5.74, 6) is -1.63. The number of carboxylic acid groups (broad SMARTS) is 1. The van der Waals surface area contributed by atoms with Crippen molar-refractivity contribution in [3.05, 3.63) is 57.5 Å². The molecule has 9 heteroatoms. The molecule has 150 valence electrons. The largest absolute Gasteiger partial charge is 0.869 e. The SMILES string of the molecule is CCN1C(=O)/C(=C/c2cc(Cl)c([O-])c(OC)c2)SC1=Nc1cccc(C(=O)O)c1. The molecule has 0 atom stereocenters. The molecule has 7 nitrogen and oxygen atoms in total. The molecule has 0 bridgehead atoms. The minimum absolute atomic E-state index is 0.00151. The lowest BCUT2D eigenvalue weighted by Gasteiger charge is -2.15. The first-order chi connectivity index (χ1) is 13.8. The highest BCUT2D eigenvalue weighted by Crippen LogP contribution is 2.37. The molecule has 0 unspecified atom stereocenters. The smallest absolute Gasteiger partial charge is 0.335 e. The zero-order valence-corrected chi connectivity index (χ0v) is 17.1. The van der Waals surface area contributed by atoms with Crippen molar-refractivity contribution in [3.8, 4) is 11.5 Å². The van der Waals surface area contributed by atoms with Crippen LogP contribution in [0.1, 0.15) is 22.8 Å². The van der Waals surface area contributed by atoms with E-state index in [9.17, 15) is 14.7 Å². The Morgan fingerprint density at radius 3 is 2.79 bits per heavy atom. The monoisotopic (exact) mass is 431 g/mol. The summed E-state index contributed by atoms with van der Waals surface area (Å²) in [5.41, 5.74) is 1.09. The minimum Gasteiger partial charge on any atom is -0.869 e. The number of likely N-dealkylation sites (N-methyl/N-ethyl adjacent to an activating group) is 1. The molecule has 2 aromatic carbocycles. The fourth-order valence-electron chi connectivity index (χ4n) is 2.66. The molecule has 29 heavy (non-hydrogen) atoms. The summed E-state index contributed by atoms with van der Waals surface area (Å²) in [5, 5.41) is 21.4. The average Bonchev–Trinajstić information content (AvgIpc) is 2.98. The van der Waals surface area contributed by atoms with Crippen LogP contribution in [0.15, 0.2) is 46.3 Å². The van der Waals surface area contributed by atoms with Crippen molar-refractivity contribution in [3.63, 3.8) is 0 Å². The Hall–Kier alpha value is -2.97. The number of carbonyl (C=O) groups is 2. The maximum absolute atomic E-state index is 12.8. The van der Waals surface area contributed by atoms with Gasteiger partial charge < -0.3 is 14.9 Å². The molecule has 3 rings (SSSR count). The molecule has 0 spiro atoms. The summed E-state index contributed by atoms with van der Waals surface area (Å²) < 4.78 is 5.03. The number of methoxy groups -OCH3 is 1. The van der Waals surface area contributed by atoms with E-state index in [-0.39, 0.29) is 22.2 Å². The van der Waals surface area contributed by atoms with Gasteiger partial charge in [0.2, 0.25) is 0 Å². The molecule has 2 aromatic rings. The van der Waals surface area contributed by atoms with Crippen LogP contribution in [0.4, 0.5) is 5.69 Å². The number of aromatic carboxylic acids is 1. The molecule has 1 aliphatic rings. The summed E-state index contributed by atoms with van der Waals surface area (Å²) in [6, 6.07) is 9.14. The second-order valence-electron chi connectivity index (χ2n) is 5.94. The van der Waals surface area contributed by atoms with Gasteiger partial charge >= 0.3 is 5.97 Å². The third-order valence-corrected chi connectivity index (χ3v) is 5.36. The number of rotatable bonds is 5. The molecule has 1 amide bonds. The molecule has 0 radical (unpaired) electrons. The summed E-state index contributed by atoms with van der Waals surface area (Å²) in [4.78, 5) is 30.2. The molecule has 1 heterocycles. The fraction of sp³-hybridized carbons (Fsp3) is 0.150. The first kappa shape index (κ1) is 20.8. The van der Waals surface area contributed by atoms with Crippen LogP contribution in [0.5, 0.6) is 11.5 Å². The molecule has 1 saturated heterocycles. The number of ether oxygens (including phenoxy) is 1. The molecule has 1 aliphatic heterocycles. The Morgan fingerprint density at radius 1 is 1.38 bits per heavy atom. The van der Waals surface area contributed by atoms with Gasteiger partial charge in [0.1, 0.15) is 5.75 Å². The van der Waals surface area contributed by atoms with Crippen LogP contribution in [0.3, 0.4) is 0 Å². The molecule has 0 aliphatic carbocycles. The van der Waals surface area contributed by atoms with E-state index in [4.69, 9.17) is 21.4 Å². The Balaban J connectivity index is 1.97. The zero-order valence-electron chi connectivity index (χ0n) is 15.5. The van der Waals surface area contributed by atoms with Gasteiger partial charge in [-0.1, -0.05) is 17.7 Å². The summed E-state index contributed by atoms with van der Waals surface area (Å²) in [6.45, 7) is 2.21.